The molecular formula is C21H30N8O3. The number of nitrogens with zero attached hydrogens (tertiary/aromatic N) is 5. The molecule has 2 heterocycles. The summed E-state index contributed by atoms with van der Waals surface area (Å²) in [5.74, 6) is 1.06. The topological polar surface area (TPSA) is 156 Å². The summed E-state index contributed by atoms with van der Waals surface area (Å²) in [6.07, 6.45) is 4.18. The van der Waals surface area contributed by atoms with Crippen molar-refractivity contribution >= 4 is 22.9 Å². The van der Waals surface area contributed by atoms with Crippen molar-refractivity contribution in [3.63, 3.8) is 0 Å². The highest BCUT2D eigenvalue weighted by molar-refractivity contribution is 5.83. The van der Waals surface area contributed by atoms with Crippen LogP contribution in [0.25, 0.3) is 11.2 Å². The van der Waals surface area contributed by atoms with Crippen molar-refractivity contribution in [1.29, 1.82) is 0 Å². The number of nitrogens with one attached hydrogen (secondary N) is 2. The first-order chi connectivity index (χ1) is 15.4. The molecule has 32 heavy (non-hydrogen) atoms. The normalized spacial score (nSPS) is 18.8. The van der Waals surface area contributed by atoms with E-state index in [-0.39, 0.29) is 41.9 Å². The van der Waals surface area contributed by atoms with Crippen molar-refractivity contribution in [3.05, 3.63) is 17.7 Å². The molecule has 172 valence electrons. The molecule has 3 aromatic rings. The van der Waals surface area contributed by atoms with Crippen LogP contribution in [0.1, 0.15) is 51.1 Å². The predicted octanol–water partition coefficient (Wildman–Crippen LogP) is 2.52. The summed E-state index contributed by atoms with van der Waals surface area (Å²) in [5.41, 5.74) is 7.91. The summed E-state index contributed by atoms with van der Waals surface area (Å²) in [6.45, 7) is 4.21. The Morgan fingerprint density at radius 2 is 1.97 bits per heavy atom. The summed E-state index contributed by atoms with van der Waals surface area (Å²) in [6, 6.07) is 3.03. The lowest BCUT2D eigenvalue weighted by Gasteiger charge is -2.29. The van der Waals surface area contributed by atoms with Gasteiger partial charge in [-0.3, -0.25) is 0 Å². The van der Waals surface area contributed by atoms with Gasteiger partial charge in [-0.1, -0.05) is 18.1 Å². The summed E-state index contributed by atoms with van der Waals surface area (Å²) in [5, 5.41) is 35.4. The van der Waals surface area contributed by atoms with E-state index >= 15 is 0 Å². The van der Waals surface area contributed by atoms with Crippen LogP contribution in [0.5, 0.6) is 17.2 Å². The number of ether oxygens (including phenoxy) is 1. The Morgan fingerprint density at radius 1 is 1.19 bits per heavy atom. The molecule has 0 spiro atoms. The summed E-state index contributed by atoms with van der Waals surface area (Å²) < 4.78 is 6.77. The van der Waals surface area contributed by atoms with Gasteiger partial charge in [-0.25, -0.2) is 4.68 Å². The van der Waals surface area contributed by atoms with Crippen molar-refractivity contribution in [3.8, 4) is 17.2 Å². The van der Waals surface area contributed by atoms with Gasteiger partial charge in [-0.15, -0.1) is 5.10 Å². The molecule has 2 unspecified atom stereocenters. The van der Waals surface area contributed by atoms with E-state index in [0.29, 0.717) is 28.5 Å². The maximum absolute atomic E-state index is 10.3. The minimum absolute atomic E-state index is 0.00480. The molecule has 1 saturated carbocycles. The highest BCUT2D eigenvalue weighted by Gasteiger charge is 2.24. The summed E-state index contributed by atoms with van der Waals surface area (Å²) in [7, 11) is 1.43. The lowest BCUT2D eigenvalue weighted by atomic mass is 9.91. The quantitative estimate of drug-likeness (QED) is 0.344. The standard InChI is InChI=1S/C21H30N8O3/c1-11(2)29-20-18(27-28-29)19(23-10-12-8-16(31)17(32-3)9-15(12)30)25-21(26-20)24-14-7-5-4-6-13(14)22/h8-9,11,13-14,30-31H,4-7,10,22H2,1-3H3,(H2,23,24,25,26). The molecule has 0 radical (unpaired) electrons. The Bertz CT molecular complexity index is 1100. The predicted molar refractivity (Wildman–Crippen MR) is 121 cm³/mol. The highest BCUT2D eigenvalue weighted by atomic mass is 16.5. The van der Waals surface area contributed by atoms with Crippen LogP contribution in [0.2, 0.25) is 0 Å². The molecule has 0 bridgehead atoms. The summed E-state index contributed by atoms with van der Waals surface area (Å²) >= 11 is 0. The van der Waals surface area contributed by atoms with Crippen LogP contribution in [-0.2, 0) is 6.54 Å². The molecule has 1 fully saturated rings. The number of aromatic hydroxyl groups is 2. The first kappa shape index (κ1) is 21.9. The van der Waals surface area contributed by atoms with Crippen LogP contribution < -0.4 is 21.1 Å². The molecule has 4 rings (SSSR count). The molecule has 0 aliphatic heterocycles. The smallest absolute Gasteiger partial charge is 0.227 e. The number of methoxy groups -OCH3 is 1. The molecule has 2 aromatic heterocycles. The molecule has 1 aliphatic rings. The third-order valence-electron chi connectivity index (χ3n) is 5.77. The van der Waals surface area contributed by atoms with E-state index in [2.05, 4.69) is 30.9 Å². The zero-order valence-corrected chi connectivity index (χ0v) is 18.5. The number of hydrogen-bond acceptors (Lipinski definition) is 10. The van der Waals surface area contributed by atoms with E-state index in [1.165, 1.54) is 19.2 Å². The van der Waals surface area contributed by atoms with Gasteiger partial charge in [0.2, 0.25) is 5.95 Å². The molecule has 2 atom stereocenters. The van der Waals surface area contributed by atoms with E-state index < -0.39 is 0 Å². The number of aromatic nitrogens is 5. The van der Waals surface area contributed by atoms with Gasteiger partial charge in [-0.05, 0) is 32.8 Å². The van der Waals surface area contributed by atoms with Gasteiger partial charge < -0.3 is 31.3 Å². The van der Waals surface area contributed by atoms with Crippen LogP contribution in [0.4, 0.5) is 11.8 Å². The molecule has 1 aliphatic carbocycles. The molecule has 0 saturated heterocycles. The van der Waals surface area contributed by atoms with E-state index in [1.807, 2.05) is 13.8 Å². The minimum atomic E-state index is -0.0608. The number of fused-ring (bicyclic) bond motifs is 1. The largest absolute Gasteiger partial charge is 0.507 e. The van der Waals surface area contributed by atoms with Crippen LogP contribution in [0.15, 0.2) is 12.1 Å². The third kappa shape index (κ3) is 4.33. The minimum Gasteiger partial charge on any atom is -0.507 e. The van der Waals surface area contributed by atoms with Crippen LogP contribution in [0, 0.1) is 0 Å². The summed E-state index contributed by atoms with van der Waals surface area (Å²) in [4.78, 5) is 9.30. The highest BCUT2D eigenvalue weighted by Crippen LogP contribution is 2.34. The Kier molecular flexibility index (Phi) is 6.17. The van der Waals surface area contributed by atoms with Gasteiger partial charge in [0.1, 0.15) is 5.75 Å². The fraction of sp³-hybridized carbons (Fsp3) is 0.524. The SMILES string of the molecule is COc1cc(O)c(CNc2nc(NC3CCCCC3N)nc3c2nnn3C(C)C)cc1O. The first-order valence-corrected chi connectivity index (χ1v) is 10.8. The number of rotatable bonds is 7. The van der Waals surface area contributed by atoms with Crippen LogP contribution in [0.3, 0.4) is 0 Å². The molecule has 1 aromatic carbocycles. The Morgan fingerprint density at radius 3 is 2.69 bits per heavy atom. The van der Waals surface area contributed by atoms with Gasteiger partial charge in [0.15, 0.2) is 28.5 Å². The fourth-order valence-electron chi connectivity index (χ4n) is 3.96. The molecule has 0 amide bonds. The number of nitrogens with two attached hydrogens (primary N) is 1. The van der Waals surface area contributed by atoms with Crippen molar-refractivity contribution in [2.75, 3.05) is 17.7 Å². The second kappa shape index (κ2) is 9.03. The van der Waals surface area contributed by atoms with Crippen molar-refractivity contribution < 1.29 is 14.9 Å². The Labute approximate surface area is 186 Å². The molecule has 11 heteroatoms. The number of benzene rings is 1. The average Bonchev–Trinajstić information content (AvgIpc) is 3.20. The van der Waals surface area contributed by atoms with E-state index in [4.69, 9.17) is 10.5 Å². The van der Waals surface area contributed by atoms with Gasteiger partial charge in [0, 0.05) is 30.3 Å². The first-order valence-electron chi connectivity index (χ1n) is 10.8. The lowest BCUT2D eigenvalue weighted by molar-refractivity contribution is 0.367. The number of anilines is 2. The molecule has 11 nitrogen and oxygen atoms in total. The third-order valence-corrected chi connectivity index (χ3v) is 5.77. The Hall–Kier alpha value is -3.34. The number of hydrogen-bond donors (Lipinski definition) is 5. The fourth-order valence-corrected chi connectivity index (χ4v) is 3.96. The van der Waals surface area contributed by atoms with Crippen molar-refractivity contribution in [2.24, 2.45) is 5.73 Å². The number of phenols is 2. The average molecular weight is 443 g/mol. The Balaban J connectivity index is 1.66. The van der Waals surface area contributed by atoms with Crippen LogP contribution in [-0.4, -0.2) is 54.4 Å². The van der Waals surface area contributed by atoms with Gasteiger partial charge in [0.05, 0.1) is 13.2 Å². The molecule has 6 N–H and O–H groups in total. The number of phenolic OH excluding ortho intramolecular Hbond substituents is 2. The zero-order chi connectivity index (χ0) is 22.8. The second-order valence-electron chi connectivity index (χ2n) is 8.40. The lowest BCUT2D eigenvalue weighted by Crippen LogP contribution is -2.43. The van der Waals surface area contributed by atoms with Gasteiger partial charge >= 0.3 is 0 Å². The van der Waals surface area contributed by atoms with Crippen molar-refractivity contribution in [1.82, 2.24) is 25.0 Å². The zero-order valence-electron chi connectivity index (χ0n) is 18.5. The monoisotopic (exact) mass is 442 g/mol. The van der Waals surface area contributed by atoms with E-state index in [1.54, 1.807) is 4.68 Å². The van der Waals surface area contributed by atoms with Crippen LogP contribution >= 0.6 is 0 Å². The van der Waals surface area contributed by atoms with E-state index in [0.717, 1.165) is 25.7 Å². The maximum atomic E-state index is 10.3. The van der Waals surface area contributed by atoms with E-state index in [9.17, 15) is 10.2 Å². The van der Waals surface area contributed by atoms with Gasteiger partial charge in [0.25, 0.3) is 0 Å². The molecular weight excluding hydrogens is 412 g/mol. The van der Waals surface area contributed by atoms with Crippen molar-refractivity contribution in [2.45, 2.75) is 64.2 Å². The maximum Gasteiger partial charge on any atom is 0.227 e. The van der Waals surface area contributed by atoms with Gasteiger partial charge in [-0.2, -0.15) is 9.97 Å². The second-order valence-corrected chi connectivity index (χ2v) is 8.40.